The Kier molecular flexibility index (Phi) is 7.72. The van der Waals surface area contributed by atoms with E-state index in [4.69, 9.17) is 4.74 Å². The molecule has 8 heteroatoms. The van der Waals surface area contributed by atoms with E-state index < -0.39 is 5.82 Å². The Morgan fingerprint density at radius 2 is 1.74 bits per heavy atom. The SMILES string of the molecule is CCOCc1ccccc1CNC(=O)CSc1nc2ccccc2c(=O)n1-c1ccc(F)cc1. The van der Waals surface area contributed by atoms with Gasteiger partial charge in [0.1, 0.15) is 5.82 Å². The third-order valence-electron chi connectivity index (χ3n) is 5.22. The summed E-state index contributed by atoms with van der Waals surface area (Å²) < 4.78 is 20.4. The lowest BCUT2D eigenvalue weighted by atomic mass is 10.1. The summed E-state index contributed by atoms with van der Waals surface area (Å²) in [6.07, 6.45) is 0. The molecule has 1 amide bonds. The van der Waals surface area contributed by atoms with Gasteiger partial charge in [-0.25, -0.2) is 9.37 Å². The average molecular weight is 478 g/mol. The van der Waals surface area contributed by atoms with E-state index in [1.54, 1.807) is 24.3 Å². The van der Waals surface area contributed by atoms with Gasteiger partial charge in [-0.15, -0.1) is 0 Å². The van der Waals surface area contributed by atoms with Crippen molar-refractivity contribution in [1.82, 2.24) is 14.9 Å². The van der Waals surface area contributed by atoms with Crippen LogP contribution in [0.2, 0.25) is 0 Å². The molecule has 174 valence electrons. The second kappa shape index (κ2) is 11.1. The molecule has 34 heavy (non-hydrogen) atoms. The number of fused-ring (bicyclic) bond motifs is 1. The molecule has 4 rings (SSSR count). The Labute approximate surface area is 200 Å². The van der Waals surface area contributed by atoms with Crippen LogP contribution in [0.3, 0.4) is 0 Å². The van der Waals surface area contributed by atoms with Crippen LogP contribution < -0.4 is 10.9 Å². The van der Waals surface area contributed by atoms with Crippen LogP contribution in [-0.2, 0) is 22.7 Å². The predicted octanol–water partition coefficient (Wildman–Crippen LogP) is 4.47. The van der Waals surface area contributed by atoms with Gasteiger partial charge in [-0.2, -0.15) is 0 Å². The first-order chi connectivity index (χ1) is 16.6. The highest BCUT2D eigenvalue weighted by atomic mass is 32.2. The summed E-state index contributed by atoms with van der Waals surface area (Å²) in [5, 5.41) is 3.74. The lowest BCUT2D eigenvalue weighted by Gasteiger charge is -2.14. The highest BCUT2D eigenvalue weighted by Crippen LogP contribution is 2.21. The van der Waals surface area contributed by atoms with Crippen LogP contribution in [0.1, 0.15) is 18.1 Å². The molecule has 4 aromatic rings. The molecule has 1 aromatic heterocycles. The molecule has 6 nitrogen and oxygen atoms in total. The molecular formula is C26H24FN3O3S. The van der Waals surface area contributed by atoms with E-state index in [9.17, 15) is 14.0 Å². The number of hydrogen-bond donors (Lipinski definition) is 1. The zero-order valence-corrected chi connectivity index (χ0v) is 19.5. The Morgan fingerprint density at radius 3 is 2.50 bits per heavy atom. The molecule has 1 heterocycles. The maximum atomic E-state index is 13.5. The fourth-order valence-corrected chi connectivity index (χ4v) is 4.33. The van der Waals surface area contributed by atoms with Crippen molar-refractivity contribution in [1.29, 1.82) is 0 Å². The largest absolute Gasteiger partial charge is 0.377 e. The maximum Gasteiger partial charge on any atom is 0.266 e. The normalized spacial score (nSPS) is 11.0. The van der Waals surface area contributed by atoms with Gasteiger partial charge in [0, 0.05) is 13.2 Å². The smallest absolute Gasteiger partial charge is 0.266 e. The number of ether oxygens (including phenoxy) is 1. The highest BCUT2D eigenvalue weighted by molar-refractivity contribution is 7.99. The second-order valence-corrected chi connectivity index (χ2v) is 8.44. The number of halogens is 1. The van der Waals surface area contributed by atoms with E-state index in [2.05, 4.69) is 10.3 Å². The predicted molar refractivity (Wildman–Crippen MR) is 132 cm³/mol. The van der Waals surface area contributed by atoms with Gasteiger partial charge < -0.3 is 10.1 Å². The van der Waals surface area contributed by atoms with Crippen molar-refractivity contribution in [2.24, 2.45) is 0 Å². The molecule has 1 N–H and O–H groups in total. The van der Waals surface area contributed by atoms with Crippen molar-refractivity contribution < 1.29 is 13.9 Å². The monoisotopic (exact) mass is 477 g/mol. The number of benzene rings is 3. The summed E-state index contributed by atoms with van der Waals surface area (Å²) in [5.41, 5.74) is 2.76. The molecule has 0 aliphatic carbocycles. The third kappa shape index (κ3) is 5.52. The quantitative estimate of drug-likeness (QED) is 0.284. The molecule has 0 saturated carbocycles. The Hall–Kier alpha value is -3.49. The maximum absolute atomic E-state index is 13.5. The first kappa shape index (κ1) is 23.7. The van der Waals surface area contributed by atoms with Crippen molar-refractivity contribution in [3.05, 3.63) is 100 Å². The molecule has 0 spiro atoms. The summed E-state index contributed by atoms with van der Waals surface area (Å²) in [6.45, 7) is 3.42. The minimum atomic E-state index is -0.399. The van der Waals surface area contributed by atoms with E-state index in [0.29, 0.717) is 41.5 Å². The van der Waals surface area contributed by atoms with Gasteiger partial charge in [0.2, 0.25) is 5.91 Å². The number of carbonyl (C=O) groups excluding carboxylic acids is 1. The molecule has 0 bridgehead atoms. The van der Waals surface area contributed by atoms with Crippen LogP contribution in [0.15, 0.2) is 82.7 Å². The Bertz CT molecular complexity index is 1360. The number of nitrogens with one attached hydrogen (secondary N) is 1. The zero-order chi connectivity index (χ0) is 23.9. The van der Waals surface area contributed by atoms with Crippen LogP contribution in [0.25, 0.3) is 16.6 Å². The highest BCUT2D eigenvalue weighted by Gasteiger charge is 2.15. The van der Waals surface area contributed by atoms with E-state index in [1.165, 1.54) is 28.8 Å². The van der Waals surface area contributed by atoms with Crippen LogP contribution in [-0.4, -0.2) is 27.8 Å². The van der Waals surface area contributed by atoms with Crippen molar-refractivity contribution >= 4 is 28.6 Å². The second-order valence-electron chi connectivity index (χ2n) is 7.50. The van der Waals surface area contributed by atoms with Crippen molar-refractivity contribution in [3.63, 3.8) is 0 Å². The van der Waals surface area contributed by atoms with Gasteiger partial charge >= 0.3 is 0 Å². The average Bonchev–Trinajstić information content (AvgIpc) is 2.86. The summed E-state index contributed by atoms with van der Waals surface area (Å²) in [7, 11) is 0. The van der Waals surface area contributed by atoms with Gasteiger partial charge in [-0.1, -0.05) is 48.2 Å². The fourth-order valence-electron chi connectivity index (χ4n) is 3.48. The van der Waals surface area contributed by atoms with Crippen LogP contribution >= 0.6 is 11.8 Å². The number of amides is 1. The van der Waals surface area contributed by atoms with Crippen molar-refractivity contribution in [2.75, 3.05) is 12.4 Å². The Balaban J connectivity index is 1.53. The molecule has 0 radical (unpaired) electrons. The molecule has 0 saturated heterocycles. The lowest BCUT2D eigenvalue weighted by Crippen LogP contribution is -2.26. The summed E-state index contributed by atoms with van der Waals surface area (Å²) in [5.74, 6) is -0.521. The van der Waals surface area contributed by atoms with E-state index >= 15 is 0 Å². The van der Waals surface area contributed by atoms with Crippen LogP contribution in [0, 0.1) is 5.82 Å². The topological polar surface area (TPSA) is 73.2 Å². The van der Waals surface area contributed by atoms with Crippen LogP contribution in [0.5, 0.6) is 0 Å². The molecule has 0 aliphatic heterocycles. The first-order valence-electron chi connectivity index (χ1n) is 10.9. The number of thioether (sulfide) groups is 1. The lowest BCUT2D eigenvalue weighted by molar-refractivity contribution is -0.118. The van der Waals surface area contributed by atoms with Gasteiger partial charge in [0.25, 0.3) is 5.56 Å². The first-order valence-corrected chi connectivity index (χ1v) is 11.9. The molecule has 0 atom stereocenters. The number of hydrogen-bond acceptors (Lipinski definition) is 5. The number of rotatable bonds is 9. The third-order valence-corrected chi connectivity index (χ3v) is 6.16. The van der Waals surface area contributed by atoms with Gasteiger partial charge in [-0.05, 0) is 54.4 Å². The number of nitrogens with zero attached hydrogens (tertiary/aromatic N) is 2. The zero-order valence-electron chi connectivity index (χ0n) is 18.7. The minimum absolute atomic E-state index is 0.0690. The fraction of sp³-hybridized carbons (Fsp3) is 0.192. The van der Waals surface area contributed by atoms with E-state index in [-0.39, 0.29) is 17.2 Å². The van der Waals surface area contributed by atoms with Gasteiger partial charge in [0.05, 0.1) is 29.0 Å². The van der Waals surface area contributed by atoms with Crippen molar-refractivity contribution in [2.45, 2.75) is 25.2 Å². The number of aromatic nitrogens is 2. The van der Waals surface area contributed by atoms with Crippen molar-refractivity contribution in [3.8, 4) is 5.69 Å². The van der Waals surface area contributed by atoms with E-state index in [0.717, 1.165) is 22.9 Å². The molecule has 0 fully saturated rings. The standard InChI is InChI=1S/C26H24FN3O3S/c1-2-33-16-19-8-4-3-7-18(19)15-28-24(31)17-34-26-29-23-10-6-5-9-22(23)25(32)30(26)21-13-11-20(27)12-14-21/h3-14H,2,15-17H2,1H3,(H,28,31). The molecule has 3 aromatic carbocycles. The van der Waals surface area contributed by atoms with Gasteiger partial charge in [0.15, 0.2) is 5.16 Å². The summed E-state index contributed by atoms with van der Waals surface area (Å²) >= 11 is 1.16. The molecule has 0 unspecified atom stereocenters. The van der Waals surface area contributed by atoms with Gasteiger partial charge in [-0.3, -0.25) is 14.2 Å². The van der Waals surface area contributed by atoms with E-state index in [1.807, 2.05) is 31.2 Å². The summed E-state index contributed by atoms with van der Waals surface area (Å²) in [4.78, 5) is 30.5. The van der Waals surface area contributed by atoms with Crippen LogP contribution in [0.4, 0.5) is 4.39 Å². The minimum Gasteiger partial charge on any atom is -0.377 e. The molecular weight excluding hydrogens is 453 g/mol. The number of para-hydroxylation sites is 1. The molecule has 0 aliphatic rings. The summed E-state index contributed by atoms with van der Waals surface area (Å²) in [6, 6.07) is 20.4. The number of carbonyl (C=O) groups is 1. The Morgan fingerprint density at radius 1 is 1.03 bits per heavy atom.